The molecule has 3 rings (SSSR count). The van der Waals surface area contributed by atoms with Crippen molar-refractivity contribution in [1.82, 2.24) is 0 Å². The van der Waals surface area contributed by atoms with Gasteiger partial charge >= 0.3 is 0 Å². The second kappa shape index (κ2) is 7.25. The molecule has 128 valence electrons. The molecule has 6 heteroatoms. The predicted octanol–water partition coefficient (Wildman–Crippen LogP) is 2.68. The molecule has 0 saturated heterocycles. The number of benzene rings is 2. The molecule has 1 atom stereocenters. The summed E-state index contributed by atoms with van der Waals surface area (Å²) in [4.78, 5) is 4.62. The van der Waals surface area contributed by atoms with Gasteiger partial charge in [0.25, 0.3) is 10.1 Å². The molecule has 1 aliphatic heterocycles. The Balaban J connectivity index is 0.000000368. The summed E-state index contributed by atoms with van der Waals surface area (Å²) in [5, 5.41) is 10.6. The third-order valence-electron chi connectivity index (χ3n) is 3.68. The van der Waals surface area contributed by atoms with Gasteiger partial charge in [0.15, 0.2) is 5.72 Å². The highest BCUT2D eigenvalue weighted by atomic mass is 32.2. The van der Waals surface area contributed by atoms with Crippen molar-refractivity contribution in [3.05, 3.63) is 71.3 Å². The molecule has 2 aromatic rings. The van der Waals surface area contributed by atoms with Gasteiger partial charge in [-0.15, -0.1) is 0 Å². The first-order chi connectivity index (χ1) is 11.2. The summed E-state index contributed by atoms with van der Waals surface area (Å²) in [7, 11) is -3.67. The Morgan fingerprint density at radius 2 is 1.62 bits per heavy atom. The van der Waals surface area contributed by atoms with Gasteiger partial charge in [-0.25, -0.2) is 4.99 Å². The number of nitrogens with zero attached hydrogens (tertiary/aromatic N) is 1. The number of hydrogen-bond acceptors (Lipinski definition) is 4. The highest BCUT2D eigenvalue weighted by Crippen LogP contribution is 2.30. The molecule has 1 aliphatic rings. The lowest BCUT2D eigenvalue weighted by molar-refractivity contribution is 0.0446. The van der Waals surface area contributed by atoms with Crippen LogP contribution in [0.4, 0.5) is 0 Å². The van der Waals surface area contributed by atoms with Crippen LogP contribution >= 0.6 is 0 Å². The van der Waals surface area contributed by atoms with Gasteiger partial charge in [-0.1, -0.05) is 61.5 Å². The summed E-state index contributed by atoms with van der Waals surface area (Å²) in [6, 6.07) is 18.3. The van der Waals surface area contributed by atoms with E-state index in [1.54, 1.807) is 0 Å². The van der Waals surface area contributed by atoms with E-state index in [4.69, 9.17) is 4.55 Å². The van der Waals surface area contributed by atoms with E-state index in [2.05, 4.69) is 17.1 Å². The van der Waals surface area contributed by atoms with E-state index in [-0.39, 0.29) is 0 Å². The van der Waals surface area contributed by atoms with Gasteiger partial charge in [-0.05, 0) is 12.0 Å². The fourth-order valence-corrected chi connectivity index (χ4v) is 2.54. The molecule has 2 aromatic carbocycles. The Morgan fingerprint density at radius 1 is 1.08 bits per heavy atom. The minimum atomic E-state index is -3.67. The molecule has 1 heterocycles. The van der Waals surface area contributed by atoms with Gasteiger partial charge in [-0.2, -0.15) is 8.42 Å². The number of rotatable bonds is 2. The summed E-state index contributed by atoms with van der Waals surface area (Å²) in [6.45, 7) is 1.97. The largest absolute Gasteiger partial charge is 0.369 e. The van der Waals surface area contributed by atoms with Crippen LogP contribution in [0.3, 0.4) is 0 Å². The molecule has 0 aromatic heterocycles. The summed E-state index contributed by atoms with van der Waals surface area (Å²) < 4.78 is 25.9. The Labute approximate surface area is 142 Å². The Bertz CT molecular complexity index is 823. The van der Waals surface area contributed by atoms with Crippen LogP contribution < -0.4 is 0 Å². The molecular formula is C18H21NO4S. The van der Waals surface area contributed by atoms with Gasteiger partial charge in [0.2, 0.25) is 0 Å². The smallest absolute Gasteiger partial charge is 0.261 e. The van der Waals surface area contributed by atoms with E-state index in [9.17, 15) is 13.5 Å². The lowest BCUT2D eigenvalue weighted by Gasteiger charge is -2.30. The summed E-state index contributed by atoms with van der Waals surface area (Å²) in [5.41, 5.74) is 3.28. The van der Waals surface area contributed by atoms with Crippen molar-refractivity contribution >= 4 is 15.8 Å². The number of aliphatic imine (C=N–C) groups is 1. The first-order valence-electron chi connectivity index (χ1n) is 7.60. The molecular weight excluding hydrogens is 326 g/mol. The van der Waals surface area contributed by atoms with Gasteiger partial charge in [0.05, 0.1) is 12.0 Å². The quantitative estimate of drug-likeness (QED) is 0.818. The molecule has 1 unspecified atom stereocenters. The minimum absolute atomic E-state index is 0.593. The molecule has 0 amide bonds. The zero-order valence-corrected chi connectivity index (χ0v) is 14.5. The number of aliphatic hydroxyl groups is 1. The van der Waals surface area contributed by atoms with E-state index >= 15 is 0 Å². The standard InChI is InChI=1S/C17H17NO.CH4O3S/c1-2-17(19)12-14-10-6-7-11-15(14)16(18-17)13-8-4-3-5-9-13;1-5(2,3)4/h3-11,19H,2,12H2,1H3;1H3,(H,2,3,4). The van der Waals surface area contributed by atoms with E-state index in [0.29, 0.717) is 19.1 Å². The Morgan fingerprint density at radius 3 is 2.21 bits per heavy atom. The third-order valence-corrected chi connectivity index (χ3v) is 3.68. The normalized spacial score (nSPS) is 19.6. The highest BCUT2D eigenvalue weighted by molar-refractivity contribution is 7.85. The van der Waals surface area contributed by atoms with Crippen molar-refractivity contribution in [2.24, 2.45) is 4.99 Å². The lowest BCUT2D eigenvalue weighted by Crippen LogP contribution is -2.34. The average Bonchev–Trinajstić information content (AvgIpc) is 2.53. The molecule has 0 spiro atoms. The lowest BCUT2D eigenvalue weighted by atomic mass is 9.88. The average molecular weight is 347 g/mol. The summed E-state index contributed by atoms with van der Waals surface area (Å²) in [6.07, 6.45) is 1.93. The van der Waals surface area contributed by atoms with E-state index in [1.807, 2.05) is 49.4 Å². The van der Waals surface area contributed by atoms with Gasteiger partial charge in [-0.3, -0.25) is 4.55 Å². The van der Waals surface area contributed by atoms with Crippen molar-refractivity contribution < 1.29 is 18.1 Å². The monoisotopic (exact) mass is 347 g/mol. The maximum absolute atomic E-state index is 10.6. The SMILES string of the molecule is CCC1(O)Cc2ccccc2C(c2ccccc2)=N1.CS(=O)(=O)O. The fraction of sp³-hybridized carbons (Fsp3) is 0.278. The van der Waals surface area contributed by atoms with E-state index in [0.717, 1.165) is 16.8 Å². The van der Waals surface area contributed by atoms with Crippen molar-refractivity contribution in [3.63, 3.8) is 0 Å². The molecule has 0 saturated carbocycles. The maximum atomic E-state index is 10.6. The molecule has 0 radical (unpaired) electrons. The first kappa shape index (κ1) is 18.3. The van der Waals surface area contributed by atoms with E-state index in [1.165, 1.54) is 5.56 Å². The third kappa shape index (κ3) is 4.99. The zero-order chi connectivity index (χ0) is 17.8. The molecule has 5 nitrogen and oxygen atoms in total. The predicted molar refractivity (Wildman–Crippen MR) is 94.9 cm³/mol. The van der Waals surface area contributed by atoms with Crippen molar-refractivity contribution in [2.45, 2.75) is 25.5 Å². The number of hydrogen-bond donors (Lipinski definition) is 2. The van der Waals surface area contributed by atoms with Gasteiger partial charge in [0.1, 0.15) is 0 Å². The van der Waals surface area contributed by atoms with Crippen LogP contribution in [0.5, 0.6) is 0 Å². The molecule has 0 bridgehead atoms. The molecule has 2 N–H and O–H groups in total. The Kier molecular flexibility index (Phi) is 5.54. The van der Waals surface area contributed by atoms with Crippen LogP contribution in [0.2, 0.25) is 0 Å². The molecule has 0 aliphatic carbocycles. The van der Waals surface area contributed by atoms with Crippen molar-refractivity contribution in [1.29, 1.82) is 0 Å². The topological polar surface area (TPSA) is 87.0 Å². The van der Waals surface area contributed by atoms with Crippen LogP contribution in [0, 0.1) is 0 Å². The summed E-state index contributed by atoms with van der Waals surface area (Å²) in [5.74, 6) is 0. The minimum Gasteiger partial charge on any atom is -0.369 e. The molecule has 24 heavy (non-hydrogen) atoms. The zero-order valence-electron chi connectivity index (χ0n) is 13.7. The molecule has 0 fully saturated rings. The van der Waals surface area contributed by atoms with Crippen LogP contribution in [0.25, 0.3) is 0 Å². The second-order valence-electron chi connectivity index (χ2n) is 5.73. The Hall–Kier alpha value is -2.02. The van der Waals surface area contributed by atoms with E-state index < -0.39 is 15.8 Å². The van der Waals surface area contributed by atoms with Gasteiger partial charge < -0.3 is 5.11 Å². The van der Waals surface area contributed by atoms with Crippen LogP contribution in [-0.2, 0) is 16.5 Å². The van der Waals surface area contributed by atoms with Crippen molar-refractivity contribution in [2.75, 3.05) is 6.26 Å². The van der Waals surface area contributed by atoms with Crippen LogP contribution in [-0.4, -0.2) is 35.8 Å². The number of fused-ring (bicyclic) bond motifs is 1. The highest BCUT2D eigenvalue weighted by Gasteiger charge is 2.31. The fourth-order valence-electron chi connectivity index (χ4n) is 2.54. The second-order valence-corrected chi connectivity index (χ2v) is 7.20. The van der Waals surface area contributed by atoms with Crippen LogP contribution in [0.1, 0.15) is 30.0 Å². The maximum Gasteiger partial charge on any atom is 0.261 e. The van der Waals surface area contributed by atoms with Crippen LogP contribution in [0.15, 0.2) is 59.6 Å². The first-order valence-corrected chi connectivity index (χ1v) is 9.45. The van der Waals surface area contributed by atoms with Crippen molar-refractivity contribution in [3.8, 4) is 0 Å². The summed E-state index contributed by atoms with van der Waals surface area (Å²) >= 11 is 0. The van der Waals surface area contributed by atoms with Gasteiger partial charge in [0, 0.05) is 17.5 Å².